The second-order valence-corrected chi connectivity index (χ2v) is 4.73. The molecule has 0 radical (unpaired) electrons. The Morgan fingerprint density at radius 1 is 1.33 bits per heavy atom. The van der Waals surface area contributed by atoms with Crippen LogP contribution in [0.4, 0.5) is 4.79 Å². The van der Waals surface area contributed by atoms with Crippen molar-refractivity contribution in [1.82, 2.24) is 9.21 Å². The molecule has 4 heteroatoms. The lowest BCUT2D eigenvalue weighted by Crippen LogP contribution is -2.43. The van der Waals surface area contributed by atoms with E-state index in [0.717, 1.165) is 12.3 Å². The van der Waals surface area contributed by atoms with Crippen LogP contribution < -0.4 is 0 Å². The zero-order valence-electron chi connectivity index (χ0n) is 8.72. The summed E-state index contributed by atoms with van der Waals surface area (Å²) in [6.07, 6.45) is 0. The van der Waals surface area contributed by atoms with Crippen molar-refractivity contribution < 1.29 is 4.79 Å². The molecule has 3 nitrogen and oxygen atoms in total. The zero-order valence-corrected chi connectivity index (χ0v) is 9.54. The fourth-order valence-corrected chi connectivity index (χ4v) is 2.39. The Labute approximate surface area is 94.2 Å². The van der Waals surface area contributed by atoms with E-state index in [0.29, 0.717) is 6.54 Å². The summed E-state index contributed by atoms with van der Waals surface area (Å²) in [5, 5.41) is 0. The Hall–Kier alpha value is -1.16. The maximum Gasteiger partial charge on any atom is 0.330 e. The molecule has 0 aromatic heterocycles. The third-order valence-corrected chi connectivity index (χ3v) is 3.31. The minimum atomic E-state index is 0.107. The quantitative estimate of drug-likeness (QED) is 0.716. The lowest BCUT2D eigenvalue weighted by Gasteiger charge is -2.32. The summed E-state index contributed by atoms with van der Waals surface area (Å²) in [4.78, 5) is 13.6. The van der Waals surface area contributed by atoms with Crippen LogP contribution in [0.3, 0.4) is 0 Å². The number of urea groups is 1. The van der Waals surface area contributed by atoms with Crippen LogP contribution in [0.1, 0.15) is 5.56 Å². The van der Waals surface area contributed by atoms with Crippen molar-refractivity contribution in [3.8, 4) is 0 Å². The first-order chi connectivity index (χ1) is 7.27. The summed E-state index contributed by atoms with van der Waals surface area (Å²) in [5.41, 5.74) is 1.19. The Bertz CT molecular complexity index is 342. The van der Waals surface area contributed by atoms with Crippen LogP contribution in [-0.4, -0.2) is 34.6 Å². The number of carbonyl (C=O) groups excluding carboxylic acids is 1. The van der Waals surface area contributed by atoms with E-state index in [1.807, 2.05) is 30.1 Å². The molecule has 15 heavy (non-hydrogen) atoms. The van der Waals surface area contributed by atoms with Crippen molar-refractivity contribution in [3.63, 3.8) is 0 Å². The summed E-state index contributed by atoms with van der Waals surface area (Å²) < 4.78 is 1.70. The molecule has 1 aromatic rings. The van der Waals surface area contributed by atoms with Crippen molar-refractivity contribution in [1.29, 1.82) is 0 Å². The number of hydrogen-bond donors (Lipinski definition) is 0. The van der Waals surface area contributed by atoms with Crippen LogP contribution in [0.2, 0.25) is 0 Å². The number of carbonyl (C=O) groups is 1. The van der Waals surface area contributed by atoms with E-state index in [1.165, 1.54) is 5.56 Å². The van der Waals surface area contributed by atoms with Crippen LogP contribution in [0.25, 0.3) is 0 Å². The molecule has 1 aliphatic heterocycles. The molecule has 0 atom stereocenters. The van der Waals surface area contributed by atoms with Gasteiger partial charge < -0.3 is 4.90 Å². The normalized spacial score (nSPS) is 17.0. The van der Waals surface area contributed by atoms with E-state index in [9.17, 15) is 4.79 Å². The molecule has 0 saturated carbocycles. The van der Waals surface area contributed by atoms with Gasteiger partial charge in [0.15, 0.2) is 0 Å². The average molecular weight is 222 g/mol. The maximum atomic E-state index is 11.8. The van der Waals surface area contributed by atoms with Gasteiger partial charge in [0.05, 0.1) is 0 Å². The van der Waals surface area contributed by atoms with Gasteiger partial charge in [-0.1, -0.05) is 30.3 Å². The van der Waals surface area contributed by atoms with Crippen molar-refractivity contribution in [2.24, 2.45) is 0 Å². The second-order valence-electron chi connectivity index (χ2n) is 3.52. The predicted molar refractivity (Wildman–Crippen MR) is 62.5 cm³/mol. The molecule has 1 aliphatic rings. The van der Waals surface area contributed by atoms with E-state index in [4.69, 9.17) is 0 Å². The molecule has 0 bridgehead atoms. The summed E-state index contributed by atoms with van der Waals surface area (Å²) in [7, 11) is 1.82. The van der Waals surface area contributed by atoms with E-state index in [-0.39, 0.29) is 6.03 Å². The zero-order chi connectivity index (χ0) is 10.7. The first kappa shape index (κ1) is 10.4. The number of hydrogen-bond acceptors (Lipinski definition) is 2. The predicted octanol–water partition coefficient (Wildman–Crippen LogP) is 2.20. The van der Waals surface area contributed by atoms with Crippen molar-refractivity contribution in [2.45, 2.75) is 6.54 Å². The van der Waals surface area contributed by atoms with E-state index >= 15 is 0 Å². The number of benzene rings is 1. The smallest absolute Gasteiger partial charge is 0.319 e. The molecule has 0 N–H and O–H groups in total. The minimum absolute atomic E-state index is 0.107. The van der Waals surface area contributed by atoms with Crippen LogP contribution in [0.5, 0.6) is 0 Å². The molecule has 1 aromatic carbocycles. The van der Waals surface area contributed by atoms with Gasteiger partial charge in [-0.2, -0.15) is 0 Å². The molecule has 80 valence electrons. The van der Waals surface area contributed by atoms with Crippen LogP contribution in [-0.2, 0) is 6.54 Å². The molecular weight excluding hydrogens is 208 g/mol. The van der Waals surface area contributed by atoms with Gasteiger partial charge >= 0.3 is 6.03 Å². The molecule has 0 aliphatic carbocycles. The highest BCUT2D eigenvalue weighted by molar-refractivity contribution is 7.97. The van der Waals surface area contributed by atoms with Gasteiger partial charge in [0.2, 0.25) is 0 Å². The summed E-state index contributed by atoms with van der Waals surface area (Å²) in [5.74, 6) is 0.981. The van der Waals surface area contributed by atoms with Crippen molar-refractivity contribution in [2.75, 3.05) is 19.3 Å². The highest BCUT2D eigenvalue weighted by atomic mass is 32.2. The van der Waals surface area contributed by atoms with Gasteiger partial charge in [-0.05, 0) is 17.5 Å². The molecule has 1 fully saturated rings. The molecule has 2 amide bonds. The third kappa shape index (κ3) is 2.45. The van der Waals surface area contributed by atoms with Gasteiger partial charge in [0, 0.05) is 25.9 Å². The molecular formula is C11H14N2OS. The summed E-state index contributed by atoms with van der Waals surface area (Å²) in [6.45, 7) is 1.55. The van der Waals surface area contributed by atoms with Gasteiger partial charge in [-0.25, -0.2) is 4.79 Å². The standard InChI is InChI=1S/C11H14N2OS/c1-12-11(14)13(7-8-15-12)9-10-5-3-2-4-6-10/h2-6H,7-9H2,1H3. The Morgan fingerprint density at radius 2 is 2.07 bits per heavy atom. The Balaban J connectivity index is 2.03. The molecule has 2 rings (SSSR count). The summed E-state index contributed by atoms with van der Waals surface area (Å²) in [6, 6.07) is 10.2. The topological polar surface area (TPSA) is 23.6 Å². The third-order valence-electron chi connectivity index (χ3n) is 2.40. The average Bonchev–Trinajstić information content (AvgIpc) is 2.26. The first-order valence-electron chi connectivity index (χ1n) is 4.97. The molecule has 0 spiro atoms. The van der Waals surface area contributed by atoms with Gasteiger partial charge in [0.25, 0.3) is 0 Å². The fourth-order valence-electron chi connectivity index (χ4n) is 1.59. The van der Waals surface area contributed by atoms with E-state index in [1.54, 1.807) is 16.3 Å². The van der Waals surface area contributed by atoms with E-state index < -0.39 is 0 Å². The van der Waals surface area contributed by atoms with Gasteiger partial charge in [-0.3, -0.25) is 4.31 Å². The SMILES string of the molecule is CN1SCCN(Cc2ccccc2)C1=O. The number of nitrogens with zero attached hydrogens (tertiary/aromatic N) is 2. The Morgan fingerprint density at radius 3 is 2.80 bits per heavy atom. The highest BCUT2D eigenvalue weighted by Gasteiger charge is 2.23. The van der Waals surface area contributed by atoms with Gasteiger partial charge in [-0.15, -0.1) is 0 Å². The molecule has 1 saturated heterocycles. The maximum absolute atomic E-state index is 11.8. The Kier molecular flexibility index (Phi) is 3.16. The second kappa shape index (κ2) is 4.57. The van der Waals surface area contributed by atoms with Crippen LogP contribution in [0.15, 0.2) is 30.3 Å². The van der Waals surface area contributed by atoms with Crippen molar-refractivity contribution in [3.05, 3.63) is 35.9 Å². The minimum Gasteiger partial charge on any atom is -0.319 e. The lowest BCUT2D eigenvalue weighted by molar-refractivity contribution is 0.182. The molecule has 1 heterocycles. The first-order valence-corrected chi connectivity index (χ1v) is 5.91. The van der Waals surface area contributed by atoms with Crippen LogP contribution in [0, 0.1) is 0 Å². The summed E-state index contributed by atoms with van der Waals surface area (Å²) >= 11 is 1.58. The monoisotopic (exact) mass is 222 g/mol. The number of amides is 2. The lowest BCUT2D eigenvalue weighted by atomic mass is 10.2. The largest absolute Gasteiger partial charge is 0.330 e. The highest BCUT2D eigenvalue weighted by Crippen LogP contribution is 2.18. The molecule has 0 unspecified atom stereocenters. The van der Waals surface area contributed by atoms with E-state index in [2.05, 4.69) is 12.1 Å². The fraction of sp³-hybridized carbons (Fsp3) is 0.364. The van der Waals surface area contributed by atoms with Crippen LogP contribution >= 0.6 is 11.9 Å². The number of rotatable bonds is 2. The van der Waals surface area contributed by atoms with Crippen molar-refractivity contribution >= 4 is 18.0 Å². The van der Waals surface area contributed by atoms with Gasteiger partial charge in [0.1, 0.15) is 0 Å².